The Morgan fingerprint density at radius 3 is 2.35 bits per heavy atom. The van der Waals surface area contributed by atoms with Crippen LogP contribution < -0.4 is 15.5 Å². The number of nitrogens with zero attached hydrogens (tertiary/aromatic N) is 1. The van der Waals surface area contributed by atoms with Crippen LogP contribution in [-0.4, -0.2) is 30.9 Å². The van der Waals surface area contributed by atoms with Gasteiger partial charge in [0, 0.05) is 30.5 Å². The van der Waals surface area contributed by atoms with Crippen LogP contribution in [0.2, 0.25) is 0 Å². The van der Waals surface area contributed by atoms with Crippen molar-refractivity contribution in [2.75, 3.05) is 23.3 Å². The fourth-order valence-electron chi connectivity index (χ4n) is 4.53. The summed E-state index contributed by atoms with van der Waals surface area (Å²) >= 11 is 0. The van der Waals surface area contributed by atoms with Crippen LogP contribution >= 0.6 is 0 Å². The Kier molecular flexibility index (Phi) is 6.85. The molecule has 2 fully saturated rings. The standard InChI is InChI=1S/C25H30FN3O2/c26-19-10-8-18(9-11-19)16-24(30)27-21-12-13-23(29-14-4-5-15-29)22(17-21)25(31)28-20-6-2-1-3-7-20/h8-13,17,20H,1-7,14-16H2,(H,27,30)(H,28,31). The van der Waals surface area contributed by atoms with Crippen molar-refractivity contribution >= 4 is 23.2 Å². The van der Waals surface area contributed by atoms with Crippen LogP contribution in [0.1, 0.15) is 60.9 Å². The van der Waals surface area contributed by atoms with Gasteiger partial charge in [0.15, 0.2) is 0 Å². The Hall–Kier alpha value is -2.89. The van der Waals surface area contributed by atoms with Crippen molar-refractivity contribution in [3.8, 4) is 0 Å². The monoisotopic (exact) mass is 423 g/mol. The second kappa shape index (κ2) is 9.94. The highest BCUT2D eigenvalue weighted by atomic mass is 19.1. The zero-order valence-electron chi connectivity index (χ0n) is 17.8. The number of nitrogens with one attached hydrogen (secondary N) is 2. The highest BCUT2D eigenvalue weighted by molar-refractivity contribution is 6.02. The van der Waals surface area contributed by atoms with E-state index in [9.17, 15) is 14.0 Å². The summed E-state index contributed by atoms with van der Waals surface area (Å²) in [7, 11) is 0. The second-order valence-corrected chi connectivity index (χ2v) is 8.59. The second-order valence-electron chi connectivity index (χ2n) is 8.59. The van der Waals surface area contributed by atoms with E-state index in [1.807, 2.05) is 12.1 Å². The number of amides is 2. The van der Waals surface area contributed by atoms with E-state index in [1.54, 1.807) is 18.2 Å². The van der Waals surface area contributed by atoms with Crippen LogP contribution in [0.5, 0.6) is 0 Å². The molecule has 2 aromatic rings. The van der Waals surface area contributed by atoms with Crippen LogP contribution in [0.3, 0.4) is 0 Å². The van der Waals surface area contributed by atoms with Crippen molar-refractivity contribution in [3.63, 3.8) is 0 Å². The molecule has 0 aromatic heterocycles. The molecule has 4 rings (SSSR count). The largest absolute Gasteiger partial charge is 0.371 e. The van der Waals surface area contributed by atoms with Gasteiger partial charge in [0.1, 0.15) is 5.82 Å². The van der Waals surface area contributed by atoms with E-state index >= 15 is 0 Å². The zero-order valence-corrected chi connectivity index (χ0v) is 17.8. The summed E-state index contributed by atoms with van der Waals surface area (Å²) < 4.78 is 13.1. The van der Waals surface area contributed by atoms with E-state index in [2.05, 4.69) is 15.5 Å². The maximum absolute atomic E-state index is 13.2. The summed E-state index contributed by atoms with van der Waals surface area (Å²) in [5, 5.41) is 6.10. The molecule has 0 unspecified atom stereocenters. The van der Waals surface area contributed by atoms with Crippen LogP contribution in [0.25, 0.3) is 0 Å². The minimum absolute atomic E-state index is 0.0663. The fraction of sp³-hybridized carbons (Fsp3) is 0.440. The lowest BCUT2D eigenvalue weighted by Crippen LogP contribution is -2.37. The number of carbonyl (C=O) groups excluding carboxylic acids is 2. The number of anilines is 2. The maximum Gasteiger partial charge on any atom is 0.253 e. The molecular weight excluding hydrogens is 393 g/mol. The minimum atomic E-state index is -0.324. The molecule has 1 heterocycles. The van der Waals surface area contributed by atoms with Crippen molar-refractivity contribution in [2.45, 2.75) is 57.4 Å². The zero-order chi connectivity index (χ0) is 21.6. The van der Waals surface area contributed by atoms with Crippen molar-refractivity contribution < 1.29 is 14.0 Å². The van der Waals surface area contributed by atoms with E-state index in [0.717, 1.165) is 62.9 Å². The van der Waals surface area contributed by atoms with Gasteiger partial charge in [0.25, 0.3) is 5.91 Å². The lowest BCUT2D eigenvalue weighted by atomic mass is 9.95. The highest BCUT2D eigenvalue weighted by Crippen LogP contribution is 2.28. The number of rotatable bonds is 6. The number of halogens is 1. The first-order chi connectivity index (χ1) is 15.1. The van der Waals surface area contributed by atoms with Crippen molar-refractivity contribution in [1.82, 2.24) is 5.32 Å². The topological polar surface area (TPSA) is 61.4 Å². The summed E-state index contributed by atoms with van der Waals surface area (Å²) in [5.74, 6) is -0.585. The number of hydrogen-bond donors (Lipinski definition) is 2. The number of benzene rings is 2. The van der Waals surface area contributed by atoms with Crippen LogP contribution in [0, 0.1) is 5.82 Å². The third-order valence-corrected chi connectivity index (χ3v) is 6.19. The summed E-state index contributed by atoms with van der Waals surface area (Å²) in [6, 6.07) is 11.7. The highest BCUT2D eigenvalue weighted by Gasteiger charge is 2.23. The number of hydrogen-bond acceptors (Lipinski definition) is 3. The summed E-state index contributed by atoms with van der Waals surface area (Å²) in [6.07, 6.45) is 8.00. The third-order valence-electron chi connectivity index (χ3n) is 6.19. The van der Waals surface area contributed by atoms with Crippen LogP contribution in [0.15, 0.2) is 42.5 Å². The molecule has 2 amide bonds. The first kappa shape index (κ1) is 21.3. The van der Waals surface area contributed by atoms with Gasteiger partial charge < -0.3 is 15.5 Å². The number of carbonyl (C=O) groups is 2. The quantitative estimate of drug-likeness (QED) is 0.710. The van der Waals surface area contributed by atoms with Crippen LogP contribution in [-0.2, 0) is 11.2 Å². The van der Waals surface area contributed by atoms with Crippen molar-refractivity contribution in [1.29, 1.82) is 0 Å². The van der Waals surface area contributed by atoms with Gasteiger partial charge in [-0.15, -0.1) is 0 Å². The first-order valence-electron chi connectivity index (χ1n) is 11.3. The Labute approximate surface area is 183 Å². The molecule has 0 bridgehead atoms. The molecule has 1 aliphatic heterocycles. The van der Waals surface area contributed by atoms with Gasteiger partial charge in [0.2, 0.25) is 5.91 Å². The van der Waals surface area contributed by atoms with E-state index < -0.39 is 0 Å². The van der Waals surface area contributed by atoms with E-state index in [-0.39, 0.29) is 30.1 Å². The van der Waals surface area contributed by atoms with Gasteiger partial charge >= 0.3 is 0 Å². The normalized spacial score (nSPS) is 16.9. The molecule has 6 heteroatoms. The molecule has 1 saturated carbocycles. The Balaban J connectivity index is 1.50. The van der Waals surface area contributed by atoms with E-state index in [0.29, 0.717) is 11.3 Å². The molecule has 2 aliphatic rings. The molecule has 0 atom stereocenters. The third kappa shape index (κ3) is 5.63. The smallest absolute Gasteiger partial charge is 0.253 e. The van der Waals surface area contributed by atoms with Gasteiger partial charge in [0.05, 0.1) is 12.0 Å². The van der Waals surface area contributed by atoms with E-state index in [1.165, 1.54) is 18.6 Å². The molecule has 5 nitrogen and oxygen atoms in total. The average Bonchev–Trinajstić information content (AvgIpc) is 3.31. The van der Waals surface area contributed by atoms with Gasteiger partial charge in [-0.05, 0) is 61.6 Å². The van der Waals surface area contributed by atoms with Gasteiger partial charge in [-0.2, -0.15) is 0 Å². The Morgan fingerprint density at radius 2 is 1.65 bits per heavy atom. The molecule has 1 saturated heterocycles. The predicted octanol–water partition coefficient (Wildman–Crippen LogP) is 4.67. The maximum atomic E-state index is 13.2. The van der Waals surface area contributed by atoms with Gasteiger partial charge in [-0.3, -0.25) is 9.59 Å². The Morgan fingerprint density at radius 1 is 0.935 bits per heavy atom. The average molecular weight is 424 g/mol. The van der Waals surface area contributed by atoms with Gasteiger partial charge in [-0.25, -0.2) is 4.39 Å². The molecule has 2 N–H and O–H groups in total. The lowest BCUT2D eigenvalue weighted by molar-refractivity contribution is -0.115. The van der Waals surface area contributed by atoms with Crippen LogP contribution in [0.4, 0.5) is 15.8 Å². The van der Waals surface area contributed by atoms with E-state index in [4.69, 9.17) is 0 Å². The summed E-state index contributed by atoms with van der Waals surface area (Å²) in [6.45, 7) is 1.89. The SMILES string of the molecule is O=C(Cc1ccc(F)cc1)Nc1ccc(N2CCCC2)c(C(=O)NC2CCCCC2)c1. The summed E-state index contributed by atoms with van der Waals surface area (Å²) in [4.78, 5) is 27.9. The molecular formula is C25H30FN3O2. The van der Waals surface area contributed by atoms with Crippen molar-refractivity contribution in [2.24, 2.45) is 0 Å². The molecule has 164 valence electrons. The molecule has 0 spiro atoms. The predicted molar refractivity (Wildman–Crippen MR) is 121 cm³/mol. The van der Waals surface area contributed by atoms with Crippen molar-refractivity contribution in [3.05, 3.63) is 59.4 Å². The Bertz CT molecular complexity index is 917. The minimum Gasteiger partial charge on any atom is -0.371 e. The lowest BCUT2D eigenvalue weighted by Gasteiger charge is -2.25. The molecule has 31 heavy (non-hydrogen) atoms. The molecule has 1 aliphatic carbocycles. The molecule has 0 radical (unpaired) electrons. The fourth-order valence-corrected chi connectivity index (χ4v) is 4.53. The van der Waals surface area contributed by atoms with Gasteiger partial charge in [-0.1, -0.05) is 31.4 Å². The summed E-state index contributed by atoms with van der Waals surface area (Å²) in [5.41, 5.74) is 2.89. The molecule has 2 aromatic carbocycles. The first-order valence-corrected chi connectivity index (χ1v) is 11.3.